The van der Waals surface area contributed by atoms with Gasteiger partial charge in [-0.05, 0) is 30.5 Å². The Balaban J connectivity index is 2.13. The van der Waals surface area contributed by atoms with E-state index in [1.807, 2.05) is 0 Å². The number of halogens is 2. The molecule has 0 aromatic heterocycles. The summed E-state index contributed by atoms with van der Waals surface area (Å²) in [6.07, 6.45) is 2.89. The topological polar surface area (TPSA) is 43.1 Å². The molecule has 0 saturated heterocycles. The highest BCUT2D eigenvalue weighted by Gasteiger charge is 2.42. The molecule has 0 spiro atoms. The average Bonchev–Trinajstić information content (AvgIpc) is 2.21. The summed E-state index contributed by atoms with van der Waals surface area (Å²) >= 11 is 3.20. The van der Waals surface area contributed by atoms with Crippen molar-refractivity contribution < 1.29 is 9.18 Å². The van der Waals surface area contributed by atoms with Crippen LogP contribution >= 0.6 is 15.9 Å². The minimum Gasteiger partial charge on any atom is -0.329 e. The van der Waals surface area contributed by atoms with Gasteiger partial charge in [0.05, 0.1) is 0 Å². The maximum Gasteiger partial charge on any atom is 0.144 e. The highest BCUT2D eigenvalue weighted by atomic mass is 79.9. The van der Waals surface area contributed by atoms with Crippen molar-refractivity contribution in [3.63, 3.8) is 0 Å². The molecule has 0 aliphatic heterocycles. The molecule has 2 N–H and O–H groups in total. The van der Waals surface area contributed by atoms with Gasteiger partial charge in [-0.3, -0.25) is 4.79 Å². The second-order valence-electron chi connectivity index (χ2n) is 4.67. The average molecular weight is 300 g/mol. The molecule has 1 fully saturated rings. The van der Waals surface area contributed by atoms with E-state index in [0.29, 0.717) is 16.6 Å². The highest BCUT2D eigenvalue weighted by molar-refractivity contribution is 9.10. The molecule has 0 bridgehead atoms. The fourth-order valence-electron chi connectivity index (χ4n) is 2.23. The molecule has 0 heterocycles. The lowest BCUT2D eigenvalue weighted by Crippen LogP contribution is -2.45. The minimum absolute atomic E-state index is 0.0764. The fraction of sp³-hybridized carbons (Fsp3) is 0.462. The molecule has 1 aliphatic carbocycles. The van der Waals surface area contributed by atoms with Crippen molar-refractivity contribution in [1.29, 1.82) is 0 Å². The Morgan fingerprint density at radius 3 is 2.65 bits per heavy atom. The van der Waals surface area contributed by atoms with Gasteiger partial charge in [0.1, 0.15) is 11.6 Å². The minimum atomic E-state index is -0.375. The van der Waals surface area contributed by atoms with Crippen molar-refractivity contribution in [2.45, 2.75) is 25.7 Å². The lowest BCUT2D eigenvalue weighted by Gasteiger charge is -2.39. The summed E-state index contributed by atoms with van der Waals surface area (Å²) < 4.78 is 14.3. The number of carbonyl (C=O) groups is 1. The van der Waals surface area contributed by atoms with Crippen LogP contribution in [0.3, 0.4) is 0 Å². The highest BCUT2D eigenvalue weighted by Crippen LogP contribution is 2.41. The van der Waals surface area contributed by atoms with Crippen molar-refractivity contribution in [1.82, 2.24) is 0 Å². The van der Waals surface area contributed by atoms with Crippen LogP contribution < -0.4 is 5.73 Å². The summed E-state index contributed by atoms with van der Waals surface area (Å²) in [6, 6.07) is 4.79. The lowest BCUT2D eigenvalue weighted by molar-refractivity contribution is -0.132. The molecule has 0 atom stereocenters. The lowest BCUT2D eigenvalue weighted by atomic mass is 9.65. The summed E-state index contributed by atoms with van der Waals surface area (Å²) in [7, 11) is 0. The molecule has 0 radical (unpaired) electrons. The molecule has 17 heavy (non-hydrogen) atoms. The number of benzene rings is 1. The van der Waals surface area contributed by atoms with Crippen molar-refractivity contribution in [3.8, 4) is 0 Å². The number of hydrogen-bond donors (Lipinski definition) is 1. The van der Waals surface area contributed by atoms with Crippen LogP contribution in [0.4, 0.5) is 4.39 Å². The molecule has 0 amide bonds. The van der Waals surface area contributed by atoms with E-state index < -0.39 is 0 Å². The van der Waals surface area contributed by atoms with Crippen LogP contribution in [-0.2, 0) is 11.2 Å². The second-order valence-corrected chi connectivity index (χ2v) is 5.59. The molecule has 1 aromatic carbocycles. The van der Waals surface area contributed by atoms with E-state index in [9.17, 15) is 9.18 Å². The Labute approximate surface area is 109 Å². The molecule has 1 saturated carbocycles. The first-order valence-electron chi connectivity index (χ1n) is 5.75. The van der Waals surface area contributed by atoms with Gasteiger partial charge in [-0.25, -0.2) is 4.39 Å². The third-order valence-corrected chi connectivity index (χ3v) is 4.15. The Morgan fingerprint density at radius 1 is 1.47 bits per heavy atom. The van der Waals surface area contributed by atoms with Gasteiger partial charge in [-0.15, -0.1) is 0 Å². The maximum atomic E-state index is 13.6. The van der Waals surface area contributed by atoms with E-state index in [4.69, 9.17) is 5.73 Å². The van der Waals surface area contributed by atoms with E-state index in [2.05, 4.69) is 15.9 Å². The van der Waals surface area contributed by atoms with E-state index in [0.717, 1.165) is 19.3 Å². The van der Waals surface area contributed by atoms with Crippen LogP contribution in [0.25, 0.3) is 0 Å². The molecule has 4 heteroatoms. The molecule has 0 unspecified atom stereocenters. The normalized spacial score (nSPS) is 17.6. The van der Waals surface area contributed by atoms with E-state index in [-0.39, 0.29) is 23.4 Å². The maximum absolute atomic E-state index is 13.6. The first-order valence-corrected chi connectivity index (χ1v) is 6.54. The number of rotatable bonds is 4. The molecule has 92 valence electrons. The largest absolute Gasteiger partial charge is 0.329 e. The van der Waals surface area contributed by atoms with E-state index in [1.54, 1.807) is 12.1 Å². The standard InChI is InChI=1S/C13H15BrFNO/c14-10-3-2-9(11(15)7-10)6-12(17)13(8-16)4-1-5-13/h2-3,7H,1,4-6,8,16H2. The molecule has 1 aromatic rings. The fourth-order valence-corrected chi connectivity index (χ4v) is 2.56. The molecule has 1 aliphatic rings. The molecule has 2 nitrogen and oxygen atoms in total. The third-order valence-electron chi connectivity index (χ3n) is 3.66. The summed E-state index contributed by atoms with van der Waals surface area (Å²) in [5.41, 5.74) is 5.74. The van der Waals surface area contributed by atoms with Gasteiger partial charge >= 0.3 is 0 Å². The molecule has 2 rings (SSSR count). The zero-order valence-electron chi connectivity index (χ0n) is 9.51. The van der Waals surface area contributed by atoms with Crippen molar-refractivity contribution in [3.05, 3.63) is 34.1 Å². The van der Waals surface area contributed by atoms with Crippen molar-refractivity contribution in [2.75, 3.05) is 6.54 Å². The van der Waals surface area contributed by atoms with Crippen molar-refractivity contribution in [2.24, 2.45) is 11.1 Å². The van der Waals surface area contributed by atoms with Gasteiger partial charge in [-0.1, -0.05) is 28.4 Å². The van der Waals surface area contributed by atoms with Gasteiger partial charge in [0.25, 0.3) is 0 Å². The Bertz CT molecular complexity index is 438. The number of ketones is 1. The van der Waals surface area contributed by atoms with Gasteiger partial charge in [0, 0.05) is 22.9 Å². The summed E-state index contributed by atoms with van der Waals surface area (Å²) in [4.78, 5) is 12.1. The zero-order chi connectivity index (χ0) is 12.5. The van der Waals surface area contributed by atoms with Crippen LogP contribution in [0.15, 0.2) is 22.7 Å². The molecular formula is C13H15BrFNO. The first-order chi connectivity index (χ1) is 8.07. The predicted octanol–water partition coefficient (Wildman–Crippen LogP) is 2.83. The third kappa shape index (κ3) is 2.43. The van der Waals surface area contributed by atoms with Crippen LogP contribution in [0, 0.1) is 11.2 Å². The van der Waals surface area contributed by atoms with Crippen LogP contribution in [-0.4, -0.2) is 12.3 Å². The van der Waals surface area contributed by atoms with Gasteiger partial charge in [0.15, 0.2) is 0 Å². The van der Waals surface area contributed by atoms with Crippen molar-refractivity contribution >= 4 is 21.7 Å². The summed E-state index contributed by atoms with van der Waals surface area (Å²) in [6.45, 7) is 0.379. The van der Waals surface area contributed by atoms with Crippen LogP contribution in [0.5, 0.6) is 0 Å². The van der Waals surface area contributed by atoms with Gasteiger partial charge in [0.2, 0.25) is 0 Å². The quantitative estimate of drug-likeness (QED) is 0.929. The molecular weight excluding hydrogens is 285 g/mol. The smallest absolute Gasteiger partial charge is 0.144 e. The van der Waals surface area contributed by atoms with E-state index in [1.165, 1.54) is 6.07 Å². The summed E-state index contributed by atoms with van der Waals surface area (Å²) in [5.74, 6) is -0.258. The zero-order valence-corrected chi connectivity index (χ0v) is 11.1. The summed E-state index contributed by atoms with van der Waals surface area (Å²) in [5, 5.41) is 0. The SMILES string of the molecule is NCC1(C(=O)Cc2ccc(Br)cc2F)CCC1. The number of nitrogens with two attached hydrogens (primary N) is 1. The first kappa shape index (κ1) is 12.7. The Kier molecular flexibility index (Phi) is 3.64. The van der Waals surface area contributed by atoms with E-state index >= 15 is 0 Å². The van der Waals surface area contributed by atoms with Crippen LogP contribution in [0.2, 0.25) is 0 Å². The van der Waals surface area contributed by atoms with Gasteiger partial charge < -0.3 is 5.73 Å². The number of carbonyl (C=O) groups excluding carboxylic acids is 1. The van der Waals surface area contributed by atoms with Gasteiger partial charge in [-0.2, -0.15) is 0 Å². The Morgan fingerprint density at radius 2 is 2.18 bits per heavy atom. The monoisotopic (exact) mass is 299 g/mol. The predicted molar refractivity (Wildman–Crippen MR) is 68.1 cm³/mol. The Hall–Kier alpha value is -0.740. The number of Topliss-reactive ketones (excluding diaryl/α,β-unsaturated/α-hetero) is 1. The second kappa shape index (κ2) is 4.86. The van der Waals surface area contributed by atoms with Crippen LogP contribution in [0.1, 0.15) is 24.8 Å². The number of hydrogen-bond acceptors (Lipinski definition) is 2.